The second-order valence-corrected chi connectivity index (χ2v) is 4.63. The summed E-state index contributed by atoms with van der Waals surface area (Å²) in [6.07, 6.45) is 0. The molecular weight excluding hydrogens is 170 g/mol. The molecule has 0 aliphatic rings. The maximum absolute atomic E-state index is 9.96. The Kier molecular flexibility index (Phi) is 2.56. The van der Waals surface area contributed by atoms with Gasteiger partial charge in [-0.2, -0.15) is 0 Å². The summed E-state index contributed by atoms with van der Waals surface area (Å²) in [7, 11) is 0. The molecule has 0 saturated carbocycles. The van der Waals surface area contributed by atoms with Crippen LogP contribution in [0.5, 0.6) is 0 Å². The molecule has 1 aromatic heterocycles. The van der Waals surface area contributed by atoms with Gasteiger partial charge in [-0.3, -0.25) is 0 Å². The smallest absolute Gasteiger partial charge is 0.111 e. The maximum Gasteiger partial charge on any atom is 0.111 e. The third kappa shape index (κ3) is 1.68. The van der Waals surface area contributed by atoms with Crippen LogP contribution in [0.15, 0.2) is 12.1 Å². The summed E-state index contributed by atoms with van der Waals surface area (Å²) in [6, 6.07) is 3.69. The van der Waals surface area contributed by atoms with Gasteiger partial charge >= 0.3 is 0 Å². The fourth-order valence-corrected chi connectivity index (χ4v) is 1.94. The molecule has 1 aromatic rings. The highest BCUT2D eigenvalue weighted by Crippen LogP contribution is 2.29. The fraction of sp³-hybridized carbons (Fsp3) is 0.556. The van der Waals surface area contributed by atoms with E-state index in [9.17, 15) is 5.11 Å². The van der Waals surface area contributed by atoms with Crippen molar-refractivity contribution in [2.45, 2.75) is 32.4 Å². The van der Waals surface area contributed by atoms with Gasteiger partial charge in [0.1, 0.15) is 5.60 Å². The summed E-state index contributed by atoms with van der Waals surface area (Å²) in [6.45, 7) is 5.59. The maximum atomic E-state index is 9.96. The van der Waals surface area contributed by atoms with Crippen molar-refractivity contribution < 1.29 is 5.11 Å². The lowest BCUT2D eigenvalue weighted by atomic mass is 9.97. The molecule has 1 rings (SSSR count). The van der Waals surface area contributed by atoms with Gasteiger partial charge in [0.05, 0.1) is 0 Å². The van der Waals surface area contributed by atoms with Gasteiger partial charge in [0.15, 0.2) is 0 Å². The van der Waals surface area contributed by atoms with E-state index in [0.29, 0.717) is 0 Å². The van der Waals surface area contributed by atoms with E-state index in [0.717, 1.165) is 4.88 Å². The van der Waals surface area contributed by atoms with Crippen LogP contribution in [0, 0.1) is 6.92 Å². The lowest BCUT2D eigenvalue weighted by molar-refractivity contribution is 0.0386. The lowest BCUT2D eigenvalue weighted by Gasteiger charge is -2.25. The van der Waals surface area contributed by atoms with Crippen LogP contribution in [0.25, 0.3) is 0 Å². The number of thiophene rings is 1. The van der Waals surface area contributed by atoms with Gasteiger partial charge in [0.25, 0.3) is 0 Å². The second kappa shape index (κ2) is 3.17. The fourth-order valence-electron chi connectivity index (χ4n) is 0.931. The first-order valence-corrected chi connectivity index (χ1v) is 4.81. The zero-order chi connectivity index (χ0) is 9.35. The van der Waals surface area contributed by atoms with Crippen LogP contribution in [0.3, 0.4) is 0 Å². The summed E-state index contributed by atoms with van der Waals surface area (Å²) in [5.41, 5.74) is 4.78. The van der Waals surface area contributed by atoms with Crippen molar-refractivity contribution in [3.05, 3.63) is 21.9 Å². The van der Waals surface area contributed by atoms with Crippen molar-refractivity contribution in [1.29, 1.82) is 0 Å². The zero-order valence-corrected chi connectivity index (χ0v) is 8.48. The molecule has 0 aliphatic carbocycles. The summed E-state index contributed by atoms with van der Waals surface area (Å²) < 4.78 is 0. The van der Waals surface area contributed by atoms with Gasteiger partial charge in [0, 0.05) is 15.8 Å². The molecule has 0 bridgehead atoms. The number of hydrogen-bond donors (Lipinski definition) is 2. The van der Waals surface area contributed by atoms with Crippen LogP contribution in [-0.2, 0) is 5.60 Å². The van der Waals surface area contributed by atoms with Crippen molar-refractivity contribution in [3.8, 4) is 0 Å². The molecule has 0 spiro atoms. The van der Waals surface area contributed by atoms with Crippen molar-refractivity contribution in [2.24, 2.45) is 5.73 Å². The van der Waals surface area contributed by atoms with Gasteiger partial charge in [-0.25, -0.2) is 0 Å². The first-order chi connectivity index (χ1) is 5.44. The molecular formula is C9H15NOS. The van der Waals surface area contributed by atoms with Crippen molar-refractivity contribution in [2.75, 3.05) is 0 Å². The minimum absolute atomic E-state index is 0.240. The molecule has 0 fully saturated rings. The zero-order valence-electron chi connectivity index (χ0n) is 7.66. The summed E-state index contributed by atoms with van der Waals surface area (Å²) in [5.74, 6) is 0. The van der Waals surface area contributed by atoms with E-state index in [2.05, 4.69) is 0 Å². The Morgan fingerprint density at radius 2 is 2.17 bits per heavy atom. The van der Waals surface area contributed by atoms with Crippen molar-refractivity contribution in [1.82, 2.24) is 0 Å². The van der Waals surface area contributed by atoms with E-state index in [4.69, 9.17) is 5.73 Å². The lowest BCUT2D eigenvalue weighted by Crippen LogP contribution is -2.39. The number of nitrogens with two attached hydrogens (primary N) is 1. The third-order valence-electron chi connectivity index (χ3n) is 2.13. The van der Waals surface area contributed by atoms with Crippen molar-refractivity contribution in [3.63, 3.8) is 0 Å². The minimum Gasteiger partial charge on any atom is -0.383 e. The Labute approximate surface area is 77.0 Å². The Morgan fingerprint density at radius 3 is 2.50 bits per heavy atom. The molecule has 0 radical (unpaired) electrons. The molecule has 3 N–H and O–H groups in total. The Balaban J connectivity index is 2.97. The average Bonchev–Trinajstić information content (AvgIpc) is 2.35. The first-order valence-electron chi connectivity index (χ1n) is 3.99. The normalized spacial score (nSPS) is 18.8. The van der Waals surface area contributed by atoms with Crippen LogP contribution >= 0.6 is 11.3 Å². The van der Waals surface area contributed by atoms with Gasteiger partial charge in [-0.1, -0.05) is 0 Å². The van der Waals surface area contributed by atoms with Crippen LogP contribution < -0.4 is 5.73 Å². The number of rotatable bonds is 2. The average molecular weight is 185 g/mol. The number of aliphatic hydroxyl groups is 1. The Bertz CT molecular complexity index is 265. The standard InChI is InChI=1S/C9H15NOS/c1-6-4-5-8(12-6)9(3,11)7(2)10/h4-5,7,11H,10H2,1-3H3. The molecule has 2 nitrogen and oxygen atoms in total. The monoisotopic (exact) mass is 185 g/mol. The molecule has 2 atom stereocenters. The highest BCUT2D eigenvalue weighted by Gasteiger charge is 2.28. The van der Waals surface area contributed by atoms with E-state index in [1.807, 2.05) is 26.0 Å². The predicted octanol–water partition coefficient (Wildman–Crippen LogP) is 1.61. The highest BCUT2D eigenvalue weighted by atomic mass is 32.1. The third-order valence-corrected chi connectivity index (χ3v) is 3.35. The van der Waals surface area contributed by atoms with E-state index < -0.39 is 5.60 Å². The SMILES string of the molecule is Cc1ccc(C(C)(O)C(C)N)s1. The Hall–Kier alpha value is -0.380. The molecule has 0 amide bonds. The van der Waals surface area contributed by atoms with Crippen LogP contribution in [0.4, 0.5) is 0 Å². The quantitative estimate of drug-likeness (QED) is 0.735. The number of aryl methyl sites for hydroxylation is 1. The molecule has 1 heterocycles. The summed E-state index contributed by atoms with van der Waals surface area (Å²) >= 11 is 1.59. The van der Waals surface area contributed by atoms with Crippen LogP contribution in [-0.4, -0.2) is 11.1 Å². The molecule has 68 valence electrons. The molecule has 3 heteroatoms. The van der Waals surface area contributed by atoms with Gasteiger partial charge in [-0.15, -0.1) is 11.3 Å². The highest BCUT2D eigenvalue weighted by molar-refractivity contribution is 7.12. The molecule has 0 saturated heterocycles. The van der Waals surface area contributed by atoms with Crippen molar-refractivity contribution >= 4 is 11.3 Å². The topological polar surface area (TPSA) is 46.2 Å². The van der Waals surface area contributed by atoms with Crippen LogP contribution in [0.2, 0.25) is 0 Å². The van der Waals surface area contributed by atoms with Gasteiger partial charge in [0.2, 0.25) is 0 Å². The Morgan fingerprint density at radius 1 is 1.58 bits per heavy atom. The largest absolute Gasteiger partial charge is 0.383 e. The van der Waals surface area contributed by atoms with Gasteiger partial charge < -0.3 is 10.8 Å². The van der Waals surface area contributed by atoms with Crippen LogP contribution in [0.1, 0.15) is 23.6 Å². The van der Waals surface area contributed by atoms with E-state index in [1.54, 1.807) is 18.3 Å². The predicted molar refractivity (Wildman–Crippen MR) is 52.3 cm³/mol. The molecule has 12 heavy (non-hydrogen) atoms. The van der Waals surface area contributed by atoms with E-state index >= 15 is 0 Å². The summed E-state index contributed by atoms with van der Waals surface area (Å²) in [5, 5.41) is 9.96. The summed E-state index contributed by atoms with van der Waals surface area (Å²) in [4.78, 5) is 2.14. The minimum atomic E-state index is -0.890. The van der Waals surface area contributed by atoms with Gasteiger partial charge in [-0.05, 0) is 32.9 Å². The molecule has 2 unspecified atom stereocenters. The van der Waals surface area contributed by atoms with E-state index in [1.165, 1.54) is 4.88 Å². The van der Waals surface area contributed by atoms with E-state index in [-0.39, 0.29) is 6.04 Å². The second-order valence-electron chi connectivity index (χ2n) is 3.35. The first kappa shape index (κ1) is 9.71. The molecule has 0 aliphatic heterocycles. The molecule has 0 aromatic carbocycles. The number of hydrogen-bond acceptors (Lipinski definition) is 3.